The van der Waals surface area contributed by atoms with Crippen molar-refractivity contribution in [1.29, 1.82) is 0 Å². The number of aromatic amines is 1. The zero-order valence-corrected chi connectivity index (χ0v) is 13.9. The first kappa shape index (κ1) is 15.7. The van der Waals surface area contributed by atoms with Crippen LogP contribution in [0.25, 0.3) is 11.3 Å². The van der Waals surface area contributed by atoms with Gasteiger partial charge in [-0.05, 0) is 28.8 Å². The van der Waals surface area contributed by atoms with Gasteiger partial charge in [-0.3, -0.25) is 14.7 Å². The monoisotopic (exact) mass is 377 g/mol. The number of H-pyrrole nitrogens is 1. The smallest absolute Gasteiger partial charge is 0.308 e. The zero-order chi connectivity index (χ0) is 16.4. The van der Waals surface area contributed by atoms with Crippen LogP contribution in [0.15, 0.2) is 34.8 Å². The maximum atomic E-state index is 12.7. The van der Waals surface area contributed by atoms with Gasteiger partial charge in [-0.2, -0.15) is 5.10 Å². The van der Waals surface area contributed by atoms with Crippen LogP contribution in [-0.4, -0.2) is 45.2 Å². The highest BCUT2D eigenvalue weighted by Crippen LogP contribution is 2.30. The number of nitrogens with zero attached hydrogens (tertiary/aromatic N) is 2. The summed E-state index contributed by atoms with van der Waals surface area (Å²) in [5.41, 5.74) is 1.92. The van der Waals surface area contributed by atoms with Crippen molar-refractivity contribution >= 4 is 27.8 Å². The van der Waals surface area contributed by atoms with Gasteiger partial charge < -0.3 is 10.0 Å². The van der Waals surface area contributed by atoms with Crippen LogP contribution in [0, 0.1) is 5.92 Å². The Labute approximate surface area is 141 Å². The fourth-order valence-electron chi connectivity index (χ4n) is 2.78. The molecule has 2 aromatic rings. The van der Waals surface area contributed by atoms with Crippen molar-refractivity contribution in [3.05, 3.63) is 40.5 Å². The molecule has 1 aliphatic rings. The third-order valence-corrected chi connectivity index (χ3v) is 4.80. The Morgan fingerprint density at radius 1 is 1.30 bits per heavy atom. The summed E-state index contributed by atoms with van der Waals surface area (Å²) in [6.45, 7) is 0.801. The SMILES string of the molecule is O=C(O)C1CCCN(C(=O)c2[nH]nc(-c3ccccc3)c2Br)C1. The van der Waals surface area contributed by atoms with Crippen LogP contribution in [0.2, 0.25) is 0 Å². The van der Waals surface area contributed by atoms with Gasteiger partial charge in [-0.15, -0.1) is 0 Å². The van der Waals surface area contributed by atoms with Gasteiger partial charge in [0.1, 0.15) is 11.4 Å². The molecule has 0 aliphatic carbocycles. The van der Waals surface area contributed by atoms with Crippen LogP contribution < -0.4 is 0 Å². The molecule has 1 aromatic heterocycles. The van der Waals surface area contributed by atoms with Crippen LogP contribution >= 0.6 is 15.9 Å². The second-order valence-electron chi connectivity index (χ2n) is 5.56. The Bertz CT molecular complexity index is 729. The van der Waals surface area contributed by atoms with E-state index in [2.05, 4.69) is 26.1 Å². The standard InChI is InChI=1S/C16H16BrN3O3/c17-12-13(10-5-2-1-3-6-10)18-19-14(12)15(21)20-8-4-7-11(9-20)16(22)23/h1-3,5-6,11H,4,7-9H2,(H,18,19)(H,22,23). The molecule has 2 N–H and O–H groups in total. The lowest BCUT2D eigenvalue weighted by Gasteiger charge is -2.30. The molecule has 0 saturated carbocycles. The van der Waals surface area contributed by atoms with Crippen molar-refractivity contribution in [2.24, 2.45) is 5.92 Å². The first-order chi connectivity index (χ1) is 11.1. The van der Waals surface area contributed by atoms with Crippen molar-refractivity contribution in [1.82, 2.24) is 15.1 Å². The third-order valence-electron chi connectivity index (χ3n) is 4.03. The summed E-state index contributed by atoms with van der Waals surface area (Å²) in [4.78, 5) is 25.4. The van der Waals surface area contributed by atoms with E-state index in [-0.39, 0.29) is 12.5 Å². The lowest BCUT2D eigenvalue weighted by atomic mass is 9.98. The molecule has 3 rings (SSSR count). The molecule has 2 heterocycles. The highest BCUT2D eigenvalue weighted by Gasteiger charge is 2.30. The Morgan fingerprint density at radius 2 is 2.04 bits per heavy atom. The summed E-state index contributed by atoms with van der Waals surface area (Å²) in [5.74, 6) is -1.57. The number of rotatable bonds is 3. The fourth-order valence-corrected chi connectivity index (χ4v) is 3.35. The molecule has 0 spiro atoms. The number of carbonyl (C=O) groups is 2. The quantitative estimate of drug-likeness (QED) is 0.860. The normalized spacial score (nSPS) is 18.0. The second kappa shape index (κ2) is 6.54. The summed E-state index contributed by atoms with van der Waals surface area (Å²) in [5, 5.41) is 16.1. The summed E-state index contributed by atoms with van der Waals surface area (Å²) >= 11 is 3.44. The molecule has 1 aromatic carbocycles. The Kier molecular flexibility index (Phi) is 4.47. The molecule has 1 aliphatic heterocycles. The van der Waals surface area contributed by atoms with E-state index in [1.165, 1.54) is 0 Å². The van der Waals surface area contributed by atoms with E-state index < -0.39 is 11.9 Å². The number of piperidine rings is 1. The average Bonchev–Trinajstić information content (AvgIpc) is 2.96. The van der Waals surface area contributed by atoms with Crippen LogP contribution in [0.4, 0.5) is 0 Å². The number of benzene rings is 1. The number of hydrogen-bond donors (Lipinski definition) is 2. The van der Waals surface area contributed by atoms with E-state index >= 15 is 0 Å². The number of hydrogen-bond acceptors (Lipinski definition) is 3. The summed E-state index contributed by atoms with van der Waals surface area (Å²) < 4.78 is 0.603. The van der Waals surface area contributed by atoms with Crippen molar-refractivity contribution in [3.8, 4) is 11.3 Å². The van der Waals surface area contributed by atoms with Gasteiger partial charge in [-0.25, -0.2) is 0 Å². The van der Waals surface area contributed by atoms with Gasteiger partial charge >= 0.3 is 5.97 Å². The predicted molar refractivity (Wildman–Crippen MR) is 88.0 cm³/mol. The first-order valence-electron chi connectivity index (χ1n) is 7.39. The number of carboxylic acids is 1. The number of carbonyl (C=O) groups excluding carboxylic acids is 1. The van der Waals surface area contributed by atoms with Crippen LogP contribution in [0.5, 0.6) is 0 Å². The molecule has 0 bridgehead atoms. The highest BCUT2D eigenvalue weighted by atomic mass is 79.9. The number of carboxylic acid groups (broad SMARTS) is 1. The summed E-state index contributed by atoms with van der Waals surface area (Å²) in [6.07, 6.45) is 1.30. The van der Waals surface area contributed by atoms with Crippen molar-refractivity contribution in [2.45, 2.75) is 12.8 Å². The van der Waals surface area contributed by atoms with E-state index in [9.17, 15) is 9.59 Å². The minimum absolute atomic E-state index is 0.225. The molecule has 0 radical (unpaired) electrons. The van der Waals surface area contributed by atoms with Gasteiger partial charge in [-0.1, -0.05) is 30.3 Å². The molecule has 1 unspecified atom stereocenters. The summed E-state index contributed by atoms with van der Waals surface area (Å²) in [7, 11) is 0. The number of nitrogens with one attached hydrogen (secondary N) is 1. The van der Waals surface area contributed by atoms with Crippen LogP contribution in [0.3, 0.4) is 0 Å². The Balaban J connectivity index is 1.83. The van der Waals surface area contributed by atoms with Gasteiger partial charge in [0.05, 0.1) is 10.4 Å². The van der Waals surface area contributed by atoms with Gasteiger partial charge in [0.15, 0.2) is 0 Å². The molecular formula is C16H16BrN3O3. The molecule has 1 amide bonds. The topological polar surface area (TPSA) is 86.3 Å². The predicted octanol–water partition coefficient (Wildman–Crippen LogP) is 2.78. The lowest BCUT2D eigenvalue weighted by molar-refractivity contribution is -0.143. The van der Waals surface area contributed by atoms with E-state index in [0.29, 0.717) is 35.2 Å². The van der Waals surface area contributed by atoms with E-state index in [4.69, 9.17) is 5.11 Å². The van der Waals surface area contributed by atoms with Crippen LogP contribution in [0.1, 0.15) is 23.3 Å². The van der Waals surface area contributed by atoms with E-state index in [0.717, 1.165) is 5.56 Å². The van der Waals surface area contributed by atoms with Crippen molar-refractivity contribution in [3.63, 3.8) is 0 Å². The van der Waals surface area contributed by atoms with E-state index in [1.54, 1.807) is 4.90 Å². The molecule has 23 heavy (non-hydrogen) atoms. The van der Waals surface area contributed by atoms with Gasteiger partial charge in [0, 0.05) is 18.7 Å². The number of aromatic nitrogens is 2. The molecule has 1 atom stereocenters. The van der Waals surface area contributed by atoms with Gasteiger partial charge in [0.2, 0.25) is 0 Å². The average molecular weight is 378 g/mol. The maximum Gasteiger partial charge on any atom is 0.308 e. The number of aliphatic carboxylic acids is 1. The second-order valence-corrected chi connectivity index (χ2v) is 6.35. The minimum atomic E-state index is -0.851. The lowest BCUT2D eigenvalue weighted by Crippen LogP contribution is -2.42. The first-order valence-corrected chi connectivity index (χ1v) is 8.18. The van der Waals surface area contributed by atoms with Crippen molar-refractivity contribution < 1.29 is 14.7 Å². The maximum absolute atomic E-state index is 12.7. The largest absolute Gasteiger partial charge is 0.481 e. The number of halogens is 1. The molecule has 1 saturated heterocycles. The highest BCUT2D eigenvalue weighted by molar-refractivity contribution is 9.10. The molecule has 120 valence electrons. The zero-order valence-electron chi connectivity index (χ0n) is 12.3. The van der Waals surface area contributed by atoms with Gasteiger partial charge in [0.25, 0.3) is 5.91 Å². The molecular weight excluding hydrogens is 362 g/mol. The summed E-state index contributed by atoms with van der Waals surface area (Å²) in [6, 6.07) is 9.54. The number of amides is 1. The van der Waals surface area contributed by atoms with Crippen LogP contribution in [-0.2, 0) is 4.79 Å². The number of likely N-dealkylation sites (tertiary alicyclic amines) is 1. The minimum Gasteiger partial charge on any atom is -0.481 e. The van der Waals surface area contributed by atoms with Crippen molar-refractivity contribution in [2.75, 3.05) is 13.1 Å². The molecule has 6 nitrogen and oxygen atoms in total. The van der Waals surface area contributed by atoms with E-state index in [1.807, 2.05) is 30.3 Å². The molecule has 1 fully saturated rings. The third kappa shape index (κ3) is 3.14. The Hall–Kier alpha value is -2.15. The fraction of sp³-hybridized carbons (Fsp3) is 0.312. The Morgan fingerprint density at radius 3 is 2.74 bits per heavy atom. The molecule has 7 heteroatoms.